The van der Waals surface area contributed by atoms with Crippen molar-refractivity contribution >= 4 is 23.4 Å². The number of hydrogen-bond donors (Lipinski definition) is 2. The summed E-state index contributed by atoms with van der Waals surface area (Å²) >= 11 is 0. The number of amides is 2. The van der Waals surface area contributed by atoms with Gasteiger partial charge in [0, 0.05) is 37.7 Å². The molecular formula is C43H54FN9O2. The van der Waals surface area contributed by atoms with Gasteiger partial charge in [-0.15, -0.1) is 10.2 Å². The Morgan fingerprint density at radius 3 is 2.53 bits per heavy atom. The molecule has 3 aliphatic rings. The van der Waals surface area contributed by atoms with Crippen LogP contribution in [0.4, 0.5) is 21.0 Å². The number of anilines is 2. The summed E-state index contributed by atoms with van der Waals surface area (Å²) in [7, 11) is 0. The topological polar surface area (TPSA) is 105 Å². The SMILES string of the molecule is CC(C)(C)c1cc(NC(=O)NCCC[C@H]2CC[C@@H](Oc3ccc4nnc(N5CCCCC5)n4c3)c3ccccc32)n(-c2ccc(F)c(CCN3CCC3)c2)n1. The van der Waals surface area contributed by atoms with E-state index in [1.807, 2.05) is 30.5 Å². The Labute approximate surface area is 323 Å². The Balaban J connectivity index is 0.882. The lowest BCUT2D eigenvalue weighted by Crippen LogP contribution is -2.38. The number of pyridine rings is 1. The van der Waals surface area contributed by atoms with Crippen LogP contribution in [-0.4, -0.2) is 74.6 Å². The third-order valence-corrected chi connectivity index (χ3v) is 11.5. The van der Waals surface area contributed by atoms with Gasteiger partial charge in [-0.3, -0.25) is 9.72 Å². The summed E-state index contributed by atoms with van der Waals surface area (Å²) in [5.74, 6) is 2.44. The van der Waals surface area contributed by atoms with Crippen molar-refractivity contribution in [1.82, 2.24) is 34.6 Å². The Kier molecular flexibility index (Phi) is 10.8. The Morgan fingerprint density at radius 2 is 1.75 bits per heavy atom. The number of fused-ring (bicyclic) bond motifs is 2. The normalized spacial score (nSPS) is 18.9. The van der Waals surface area contributed by atoms with E-state index in [1.165, 1.54) is 42.9 Å². The van der Waals surface area contributed by atoms with E-state index >= 15 is 0 Å². The van der Waals surface area contributed by atoms with Crippen molar-refractivity contribution in [2.24, 2.45) is 0 Å². The fourth-order valence-corrected chi connectivity index (χ4v) is 8.18. The first-order valence-electron chi connectivity index (χ1n) is 20.2. The number of piperidine rings is 1. The van der Waals surface area contributed by atoms with Gasteiger partial charge in [0.15, 0.2) is 5.65 Å². The molecule has 0 radical (unpaired) electrons. The van der Waals surface area contributed by atoms with Crippen LogP contribution in [0.1, 0.15) is 107 Å². The maximum absolute atomic E-state index is 14.8. The number of aromatic nitrogens is 5. The fraction of sp³-hybridized carbons (Fsp3) is 0.488. The minimum atomic E-state index is -0.284. The molecule has 2 fully saturated rings. The minimum absolute atomic E-state index is 0.0377. The van der Waals surface area contributed by atoms with Gasteiger partial charge in [0.25, 0.3) is 0 Å². The van der Waals surface area contributed by atoms with Gasteiger partial charge < -0.3 is 19.9 Å². The highest BCUT2D eigenvalue weighted by atomic mass is 19.1. The molecule has 3 aromatic heterocycles. The van der Waals surface area contributed by atoms with Crippen molar-refractivity contribution in [3.8, 4) is 11.4 Å². The summed E-state index contributed by atoms with van der Waals surface area (Å²) in [6.07, 6.45) is 11.2. The van der Waals surface area contributed by atoms with Gasteiger partial charge in [0.1, 0.15) is 23.5 Å². The molecule has 0 bridgehead atoms. The van der Waals surface area contributed by atoms with Gasteiger partial charge >= 0.3 is 6.03 Å². The number of nitrogens with one attached hydrogen (secondary N) is 2. The molecule has 2 saturated heterocycles. The monoisotopic (exact) mass is 747 g/mol. The summed E-state index contributed by atoms with van der Waals surface area (Å²) in [4.78, 5) is 17.9. The highest BCUT2D eigenvalue weighted by molar-refractivity contribution is 5.88. The fourth-order valence-electron chi connectivity index (χ4n) is 8.18. The maximum Gasteiger partial charge on any atom is 0.320 e. The van der Waals surface area contributed by atoms with Gasteiger partial charge in [0.05, 0.1) is 17.6 Å². The van der Waals surface area contributed by atoms with Gasteiger partial charge in [-0.25, -0.2) is 13.9 Å². The molecule has 5 heterocycles. The van der Waals surface area contributed by atoms with E-state index in [0.717, 1.165) is 87.1 Å². The van der Waals surface area contributed by atoms with E-state index in [4.69, 9.17) is 9.84 Å². The van der Waals surface area contributed by atoms with Gasteiger partial charge in [-0.2, -0.15) is 5.10 Å². The number of hydrogen-bond acceptors (Lipinski definition) is 7. The van der Waals surface area contributed by atoms with Crippen molar-refractivity contribution in [3.63, 3.8) is 0 Å². The first kappa shape index (κ1) is 37.0. The van der Waals surface area contributed by atoms with Gasteiger partial charge in [-0.1, -0.05) is 45.0 Å². The highest BCUT2D eigenvalue weighted by Gasteiger charge is 2.29. The molecule has 55 heavy (non-hydrogen) atoms. The van der Waals surface area contributed by atoms with Crippen molar-refractivity contribution in [2.75, 3.05) is 49.5 Å². The maximum atomic E-state index is 14.8. The van der Waals surface area contributed by atoms with Crippen molar-refractivity contribution in [2.45, 2.75) is 96.0 Å². The molecule has 2 N–H and O–H groups in total. The molecule has 2 aromatic carbocycles. The number of likely N-dealkylation sites (tertiary alicyclic amines) is 1. The van der Waals surface area contributed by atoms with Gasteiger partial charge in [-0.05, 0) is 124 Å². The van der Waals surface area contributed by atoms with E-state index < -0.39 is 0 Å². The van der Waals surface area contributed by atoms with Crippen molar-refractivity contribution in [3.05, 3.63) is 95.1 Å². The van der Waals surface area contributed by atoms with Crippen LogP contribution in [-0.2, 0) is 11.8 Å². The number of benzene rings is 2. The molecule has 12 heteroatoms. The lowest BCUT2D eigenvalue weighted by atomic mass is 9.79. The van der Waals surface area contributed by atoms with Crippen LogP contribution in [0.15, 0.2) is 66.9 Å². The number of halogens is 1. The molecule has 2 amide bonds. The molecule has 0 spiro atoms. The number of rotatable bonds is 12. The second kappa shape index (κ2) is 16.0. The molecule has 0 unspecified atom stereocenters. The second-order valence-electron chi connectivity index (χ2n) is 16.5. The standard InChI is InChI=1S/C43H54FN9O2/c1-43(2,3)38-28-40(53(49-38)32-15-17-36(44)31(27-32)20-26-50-22-10-23-50)46-41(54)45-21-9-11-30-14-18-37(35-13-6-5-12-34(30)35)55-33-16-19-39-47-48-42(52(39)29-33)51-24-7-4-8-25-51/h5-6,12-13,15-17,19,27-30,37H,4,7-11,14,18,20-26H2,1-3H3,(H2,45,46,54)/t30-,37+/m0/s1. The number of urea groups is 1. The molecule has 2 atom stereocenters. The molecule has 8 rings (SSSR count). The molecule has 1 aliphatic carbocycles. The lowest BCUT2D eigenvalue weighted by molar-refractivity contribution is 0.174. The Bertz CT molecular complexity index is 2110. The molecule has 5 aromatic rings. The van der Waals surface area contributed by atoms with Crippen LogP contribution in [0.25, 0.3) is 11.3 Å². The number of carbonyl (C=O) groups excluding carboxylic acids is 1. The molecule has 2 aliphatic heterocycles. The summed E-state index contributed by atoms with van der Waals surface area (Å²) in [6.45, 7) is 11.8. The molecule has 11 nitrogen and oxygen atoms in total. The smallest absolute Gasteiger partial charge is 0.320 e. The molecule has 0 saturated carbocycles. The third-order valence-electron chi connectivity index (χ3n) is 11.5. The average Bonchev–Trinajstić information content (AvgIpc) is 3.79. The zero-order valence-electron chi connectivity index (χ0n) is 32.4. The van der Waals surface area contributed by atoms with Crippen LogP contribution in [0.3, 0.4) is 0 Å². The van der Waals surface area contributed by atoms with E-state index in [2.05, 4.69) is 80.1 Å². The zero-order valence-corrected chi connectivity index (χ0v) is 32.4. The summed E-state index contributed by atoms with van der Waals surface area (Å²) < 4.78 is 25.3. The number of ether oxygens (including phenoxy) is 1. The van der Waals surface area contributed by atoms with Crippen molar-refractivity contribution in [1.29, 1.82) is 0 Å². The van der Waals surface area contributed by atoms with E-state index in [-0.39, 0.29) is 23.4 Å². The number of carbonyl (C=O) groups is 1. The minimum Gasteiger partial charge on any atom is -0.484 e. The third kappa shape index (κ3) is 8.34. The highest BCUT2D eigenvalue weighted by Crippen LogP contribution is 2.42. The summed E-state index contributed by atoms with van der Waals surface area (Å²) in [5, 5.41) is 19.9. The van der Waals surface area contributed by atoms with E-state index in [9.17, 15) is 9.18 Å². The quantitative estimate of drug-likeness (QED) is 0.124. The summed E-state index contributed by atoms with van der Waals surface area (Å²) in [6, 6.07) is 19.3. The zero-order chi connectivity index (χ0) is 37.9. The largest absolute Gasteiger partial charge is 0.484 e. The Hall–Kier alpha value is -4.97. The lowest BCUT2D eigenvalue weighted by Gasteiger charge is -2.32. The van der Waals surface area contributed by atoms with E-state index in [0.29, 0.717) is 30.3 Å². The predicted octanol–water partition coefficient (Wildman–Crippen LogP) is 8.19. The molecular weight excluding hydrogens is 694 g/mol. The van der Waals surface area contributed by atoms with E-state index in [1.54, 1.807) is 10.7 Å². The number of nitrogens with zero attached hydrogens (tertiary/aromatic N) is 7. The van der Waals surface area contributed by atoms with Crippen LogP contribution in [0.2, 0.25) is 0 Å². The van der Waals surface area contributed by atoms with Crippen LogP contribution >= 0.6 is 0 Å². The second-order valence-corrected chi connectivity index (χ2v) is 16.5. The summed E-state index contributed by atoms with van der Waals surface area (Å²) in [5.41, 5.74) is 5.38. The van der Waals surface area contributed by atoms with Crippen molar-refractivity contribution < 1.29 is 13.9 Å². The Morgan fingerprint density at radius 1 is 0.927 bits per heavy atom. The predicted molar refractivity (Wildman–Crippen MR) is 214 cm³/mol. The van der Waals surface area contributed by atoms with Crippen LogP contribution in [0.5, 0.6) is 5.75 Å². The first-order valence-corrected chi connectivity index (χ1v) is 20.2. The molecule has 290 valence electrons. The first-order chi connectivity index (χ1) is 26.7. The van der Waals surface area contributed by atoms with Crippen LogP contribution < -0.4 is 20.3 Å². The van der Waals surface area contributed by atoms with Gasteiger partial charge in [0.2, 0.25) is 5.95 Å². The average molecular weight is 748 g/mol. The van der Waals surface area contributed by atoms with Crippen LogP contribution in [0, 0.1) is 5.82 Å².